The Morgan fingerprint density at radius 1 is 1.25 bits per heavy atom. The van der Waals surface area contributed by atoms with E-state index in [0.29, 0.717) is 0 Å². The first-order valence-corrected chi connectivity index (χ1v) is 6.18. The zero-order valence-corrected chi connectivity index (χ0v) is 11.7. The molecule has 0 spiro atoms. The summed E-state index contributed by atoms with van der Waals surface area (Å²) < 4.78 is 44.4. The van der Waals surface area contributed by atoms with Crippen LogP contribution in [0.2, 0.25) is 0 Å². The van der Waals surface area contributed by atoms with Crippen LogP contribution in [0, 0.1) is 6.92 Å². The monoisotopic (exact) mass is 348 g/mol. The Labute approximate surface area is 119 Å². The number of ether oxygens (including phenoxy) is 1. The van der Waals surface area contributed by atoms with Gasteiger partial charge < -0.3 is 9.72 Å². The van der Waals surface area contributed by atoms with Crippen molar-refractivity contribution in [1.82, 2.24) is 9.97 Å². The van der Waals surface area contributed by atoms with Crippen molar-refractivity contribution in [2.75, 3.05) is 0 Å². The first-order chi connectivity index (χ1) is 9.27. The van der Waals surface area contributed by atoms with E-state index >= 15 is 0 Å². The van der Waals surface area contributed by atoms with Gasteiger partial charge in [-0.05, 0) is 31.2 Å². The minimum atomic E-state index is -4.77. The Kier molecular flexibility index (Phi) is 3.85. The predicted octanol–water partition coefficient (Wildman–Crippen LogP) is 3.65. The van der Waals surface area contributed by atoms with E-state index in [-0.39, 0.29) is 11.6 Å². The number of aromatic amines is 1. The molecule has 0 aliphatic heterocycles. The number of H-pyrrole nitrogens is 1. The Hall–Kier alpha value is -1.83. The molecule has 0 saturated heterocycles. The number of aromatic nitrogens is 2. The first-order valence-electron chi connectivity index (χ1n) is 5.39. The van der Waals surface area contributed by atoms with E-state index in [2.05, 4.69) is 25.9 Å². The fourth-order valence-electron chi connectivity index (χ4n) is 1.48. The highest BCUT2D eigenvalue weighted by molar-refractivity contribution is 9.10. The van der Waals surface area contributed by atoms with Crippen LogP contribution in [0.1, 0.15) is 11.5 Å². The third-order valence-corrected chi connectivity index (χ3v) is 2.83. The Morgan fingerprint density at radius 3 is 2.40 bits per heavy atom. The molecule has 1 N–H and O–H groups in total. The van der Waals surface area contributed by atoms with Crippen LogP contribution in [0.5, 0.6) is 11.5 Å². The Morgan fingerprint density at radius 2 is 1.85 bits per heavy atom. The van der Waals surface area contributed by atoms with E-state index in [1.165, 1.54) is 19.1 Å². The lowest BCUT2D eigenvalue weighted by atomic mass is 10.3. The van der Waals surface area contributed by atoms with Gasteiger partial charge in [-0.25, -0.2) is 4.98 Å². The van der Waals surface area contributed by atoms with Crippen molar-refractivity contribution >= 4 is 15.9 Å². The summed E-state index contributed by atoms with van der Waals surface area (Å²) in [6.07, 6.45) is -4.77. The molecule has 0 aliphatic rings. The summed E-state index contributed by atoms with van der Waals surface area (Å²) in [6.45, 7) is 1.26. The van der Waals surface area contributed by atoms with Crippen molar-refractivity contribution in [3.63, 3.8) is 0 Å². The van der Waals surface area contributed by atoms with Crippen molar-refractivity contribution < 1.29 is 17.9 Å². The third-order valence-electron chi connectivity index (χ3n) is 2.30. The van der Waals surface area contributed by atoms with Crippen molar-refractivity contribution in [2.24, 2.45) is 0 Å². The van der Waals surface area contributed by atoms with Crippen LogP contribution in [-0.4, -0.2) is 9.97 Å². The highest BCUT2D eigenvalue weighted by Gasteiger charge is 2.38. The second kappa shape index (κ2) is 5.28. The van der Waals surface area contributed by atoms with Gasteiger partial charge in [0.1, 0.15) is 11.6 Å². The number of rotatable bonds is 2. The standard InChI is InChI=1S/C12H8BrF3N2O2/c1-6-17-10(12(14,15)16)9(11(19)18-6)20-8-4-2-7(13)3-5-8/h2-5H,1H3,(H,17,18,19). The Bertz CT molecular complexity index is 681. The summed E-state index contributed by atoms with van der Waals surface area (Å²) in [6, 6.07) is 6.03. The van der Waals surface area contributed by atoms with Gasteiger partial charge in [0.25, 0.3) is 5.56 Å². The summed E-state index contributed by atoms with van der Waals surface area (Å²) in [5, 5.41) is 0. The molecule has 0 aliphatic carbocycles. The maximum Gasteiger partial charge on any atom is 0.437 e. The molecule has 1 aromatic carbocycles. The normalized spacial score (nSPS) is 11.4. The van der Waals surface area contributed by atoms with E-state index in [0.717, 1.165) is 4.47 Å². The van der Waals surface area contributed by atoms with E-state index in [4.69, 9.17) is 4.74 Å². The molecule has 20 heavy (non-hydrogen) atoms. The number of hydrogen-bond acceptors (Lipinski definition) is 3. The van der Waals surface area contributed by atoms with Crippen LogP contribution in [-0.2, 0) is 6.18 Å². The van der Waals surface area contributed by atoms with Gasteiger partial charge in [-0.3, -0.25) is 4.79 Å². The lowest BCUT2D eigenvalue weighted by molar-refractivity contribution is -0.142. The summed E-state index contributed by atoms with van der Waals surface area (Å²) in [7, 11) is 0. The van der Waals surface area contributed by atoms with E-state index in [1.54, 1.807) is 12.1 Å². The maximum atomic E-state index is 12.9. The number of alkyl halides is 3. The van der Waals surface area contributed by atoms with Gasteiger partial charge in [0.2, 0.25) is 5.75 Å². The van der Waals surface area contributed by atoms with Gasteiger partial charge in [-0.15, -0.1) is 0 Å². The minimum absolute atomic E-state index is 0.106. The van der Waals surface area contributed by atoms with Crippen molar-refractivity contribution in [2.45, 2.75) is 13.1 Å². The number of nitrogens with zero attached hydrogens (tertiary/aromatic N) is 1. The van der Waals surface area contributed by atoms with E-state index < -0.39 is 23.2 Å². The van der Waals surface area contributed by atoms with Crippen LogP contribution in [0.25, 0.3) is 0 Å². The smallest absolute Gasteiger partial charge is 0.437 e. The summed E-state index contributed by atoms with van der Waals surface area (Å²) in [5.41, 5.74) is -2.32. The SMILES string of the molecule is Cc1nc(C(F)(F)F)c(Oc2ccc(Br)cc2)c(=O)[nH]1. The fourth-order valence-corrected chi connectivity index (χ4v) is 1.75. The molecule has 1 heterocycles. The molecule has 0 saturated carbocycles. The third kappa shape index (κ3) is 3.19. The average Bonchev–Trinajstić information content (AvgIpc) is 2.33. The van der Waals surface area contributed by atoms with Gasteiger partial charge in [0.05, 0.1) is 0 Å². The zero-order valence-electron chi connectivity index (χ0n) is 10.1. The minimum Gasteiger partial charge on any atom is -0.449 e. The van der Waals surface area contributed by atoms with Gasteiger partial charge in [0.15, 0.2) is 5.69 Å². The molecule has 0 unspecified atom stereocenters. The number of aryl methyl sites for hydroxylation is 1. The topological polar surface area (TPSA) is 55.0 Å². The Balaban J connectivity index is 2.50. The molecule has 0 radical (unpaired) electrons. The van der Waals surface area contributed by atoms with E-state index in [9.17, 15) is 18.0 Å². The molecule has 0 fully saturated rings. The highest BCUT2D eigenvalue weighted by Crippen LogP contribution is 2.34. The number of nitrogens with one attached hydrogen (secondary N) is 1. The predicted molar refractivity (Wildman–Crippen MR) is 68.8 cm³/mol. The molecule has 8 heteroatoms. The lowest BCUT2D eigenvalue weighted by Crippen LogP contribution is -2.20. The van der Waals surface area contributed by atoms with Crippen molar-refractivity contribution in [3.05, 3.63) is 50.6 Å². The second-order valence-corrected chi connectivity index (χ2v) is 4.80. The zero-order chi connectivity index (χ0) is 14.9. The van der Waals surface area contributed by atoms with Gasteiger partial charge in [0, 0.05) is 4.47 Å². The number of benzene rings is 1. The van der Waals surface area contributed by atoms with Crippen molar-refractivity contribution in [3.8, 4) is 11.5 Å². The number of halogens is 4. The summed E-state index contributed by atoms with van der Waals surface area (Å²) in [4.78, 5) is 17.1. The molecule has 2 rings (SSSR count). The molecule has 0 atom stereocenters. The summed E-state index contributed by atoms with van der Waals surface area (Å²) in [5.74, 6) is -0.897. The quantitative estimate of drug-likeness (QED) is 0.901. The molecule has 4 nitrogen and oxygen atoms in total. The molecule has 0 amide bonds. The van der Waals surface area contributed by atoms with Crippen LogP contribution >= 0.6 is 15.9 Å². The highest BCUT2D eigenvalue weighted by atomic mass is 79.9. The van der Waals surface area contributed by atoms with Crippen LogP contribution in [0.15, 0.2) is 33.5 Å². The maximum absolute atomic E-state index is 12.9. The molecule has 106 valence electrons. The second-order valence-electron chi connectivity index (χ2n) is 3.88. The van der Waals surface area contributed by atoms with Crippen LogP contribution in [0.4, 0.5) is 13.2 Å². The lowest BCUT2D eigenvalue weighted by Gasteiger charge is -2.12. The van der Waals surface area contributed by atoms with Crippen LogP contribution in [0.3, 0.4) is 0 Å². The number of hydrogen-bond donors (Lipinski definition) is 1. The molecule has 0 bridgehead atoms. The van der Waals surface area contributed by atoms with Crippen LogP contribution < -0.4 is 10.3 Å². The molecular weight excluding hydrogens is 341 g/mol. The fraction of sp³-hybridized carbons (Fsp3) is 0.167. The summed E-state index contributed by atoms with van der Waals surface area (Å²) >= 11 is 3.19. The first kappa shape index (κ1) is 14.6. The largest absolute Gasteiger partial charge is 0.449 e. The molecule has 2 aromatic rings. The molecule has 1 aromatic heterocycles. The van der Waals surface area contributed by atoms with Gasteiger partial charge in [-0.2, -0.15) is 13.2 Å². The van der Waals surface area contributed by atoms with Gasteiger partial charge >= 0.3 is 6.18 Å². The van der Waals surface area contributed by atoms with Gasteiger partial charge in [-0.1, -0.05) is 15.9 Å². The average molecular weight is 349 g/mol. The molecular formula is C12H8BrF3N2O2. The van der Waals surface area contributed by atoms with E-state index in [1.807, 2.05) is 0 Å². The van der Waals surface area contributed by atoms with Crippen molar-refractivity contribution in [1.29, 1.82) is 0 Å².